The highest BCUT2D eigenvalue weighted by Gasteiger charge is 2.09. The molecule has 0 aliphatic carbocycles. The minimum atomic E-state index is -0.553. The van der Waals surface area contributed by atoms with E-state index >= 15 is 0 Å². The molecular weight excluding hydrogens is 228 g/mol. The SMILES string of the molecule is C#CCC(O)c1cccc(Br)c1C. The lowest BCUT2D eigenvalue weighted by atomic mass is 10.0. The molecule has 1 N–H and O–H groups in total. The van der Waals surface area contributed by atoms with Crippen LogP contribution in [0.5, 0.6) is 0 Å². The molecule has 0 aliphatic heterocycles. The van der Waals surface area contributed by atoms with Crippen LogP contribution in [0.2, 0.25) is 0 Å². The first-order valence-electron chi connectivity index (χ1n) is 4.03. The molecule has 1 nitrogen and oxygen atoms in total. The number of rotatable bonds is 2. The summed E-state index contributed by atoms with van der Waals surface area (Å²) < 4.78 is 1.00. The fourth-order valence-electron chi connectivity index (χ4n) is 1.21. The van der Waals surface area contributed by atoms with Crippen LogP contribution in [0, 0.1) is 19.3 Å². The molecule has 0 saturated carbocycles. The third-order valence-electron chi connectivity index (χ3n) is 1.98. The number of hydrogen-bond acceptors (Lipinski definition) is 1. The maximum atomic E-state index is 9.66. The van der Waals surface area contributed by atoms with Gasteiger partial charge in [-0.05, 0) is 24.1 Å². The van der Waals surface area contributed by atoms with Crippen molar-refractivity contribution in [2.24, 2.45) is 0 Å². The Kier molecular flexibility index (Phi) is 3.53. The predicted molar refractivity (Wildman–Crippen MR) is 57.3 cm³/mol. The number of aliphatic hydroxyl groups excluding tert-OH is 1. The first kappa shape index (κ1) is 10.3. The third kappa shape index (κ3) is 2.33. The average Bonchev–Trinajstić information content (AvgIpc) is 2.10. The van der Waals surface area contributed by atoms with Crippen LogP contribution in [-0.4, -0.2) is 5.11 Å². The van der Waals surface area contributed by atoms with Crippen LogP contribution >= 0.6 is 15.9 Å². The first-order chi connectivity index (χ1) is 6.16. The Morgan fingerprint density at radius 1 is 1.62 bits per heavy atom. The second-order valence-electron chi connectivity index (χ2n) is 2.88. The van der Waals surface area contributed by atoms with Crippen molar-refractivity contribution in [2.45, 2.75) is 19.4 Å². The molecule has 0 amide bonds. The Balaban J connectivity index is 3.02. The normalized spacial score (nSPS) is 12.2. The maximum absolute atomic E-state index is 9.66. The number of hydrogen-bond donors (Lipinski definition) is 1. The molecule has 0 aliphatic rings. The molecule has 68 valence electrons. The highest BCUT2D eigenvalue weighted by Crippen LogP contribution is 2.25. The summed E-state index contributed by atoms with van der Waals surface area (Å²) in [4.78, 5) is 0. The smallest absolute Gasteiger partial charge is 0.0902 e. The first-order valence-corrected chi connectivity index (χ1v) is 4.82. The zero-order chi connectivity index (χ0) is 9.84. The molecule has 0 radical (unpaired) electrons. The van der Waals surface area contributed by atoms with Gasteiger partial charge in [0.25, 0.3) is 0 Å². The number of benzene rings is 1. The van der Waals surface area contributed by atoms with Crippen LogP contribution in [0.15, 0.2) is 22.7 Å². The van der Waals surface area contributed by atoms with Gasteiger partial charge in [0.15, 0.2) is 0 Å². The number of halogens is 1. The van der Waals surface area contributed by atoms with Crippen LogP contribution in [0.1, 0.15) is 23.7 Å². The van der Waals surface area contributed by atoms with E-state index in [1.165, 1.54) is 0 Å². The average molecular weight is 239 g/mol. The fraction of sp³-hybridized carbons (Fsp3) is 0.273. The van der Waals surface area contributed by atoms with Crippen LogP contribution in [0.25, 0.3) is 0 Å². The Bertz CT molecular complexity index is 338. The van der Waals surface area contributed by atoms with Crippen molar-refractivity contribution >= 4 is 15.9 Å². The van der Waals surface area contributed by atoms with E-state index in [-0.39, 0.29) is 0 Å². The molecule has 0 saturated heterocycles. The van der Waals surface area contributed by atoms with E-state index in [4.69, 9.17) is 6.42 Å². The van der Waals surface area contributed by atoms with E-state index in [1.54, 1.807) is 0 Å². The Hall–Kier alpha value is -0.780. The summed E-state index contributed by atoms with van der Waals surface area (Å²) in [5, 5.41) is 9.66. The maximum Gasteiger partial charge on any atom is 0.0902 e. The number of terminal acetylenes is 1. The molecule has 1 aromatic rings. The summed E-state index contributed by atoms with van der Waals surface area (Å²) >= 11 is 3.40. The van der Waals surface area contributed by atoms with Gasteiger partial charge in [-0.2, -0.15) is 0 Å². The van der Waals surface area contributed by atoms with E-state index < -0.39 is 6.10 Å². The summed E-state index contributed by atoms with van der Waals surface area (Å²) in [6.07, 6.45) is 4.94. The quantitative estimate of drug-likeness (QED) is 0.787. The number of aliphatic hydroxyl groups is 1. The monoisotopic (exact) mass is 238 g/mol. The van der Waals surface area contributed by atoms with Gasteiger partial charge in [0.1, 0.15) is 0 Å². The summed E-state index contributed by atoms with van der Waals surface area (Å²) in [7, 11) is 0. The second kappa shape index (κ2) is 4.45. The lowest BCUT2D eigenvalue weighted by Gasteiger charge is -2.11. The van der Waals surface area contributed by atoms with E-state index in [1.807, 2.05) is 25.1 Å². The summed E-state index contributed by atoms with van der Waals surface area (Å²) in [5.41, 5.74) is 1.94. The topological polar surface area (TPSA) is 20.2 Å². The standard InChI is InChI=1S/C11H11BrO/c1-3-5-11(13)9-6-4-7-10(12)8(9)2/h1,4,6-7,11,13H,5H2,2H3. The zero-order valence-electron chi connectivity index (χ0n) is 7.42. The van der Waals surface area contributed by atoms with Gasteiger partial charge < -0.3 is 5.11 Å². The van der Waals surface area contributed by atoms with Crippen LogP contribution < -0.4 is 0 Å². The third-order valence-corrected chi connectivity index (χ3v) is 2.84. The minimum absolute atomic E-state index is 0.358. The van der Waals surface area contributed by atoms with Crippen molar-refractivity contribution in [3.8, 4) is 12.3 Å². The van der Waals surface area contributed by atoms with E-state index in [0.29, 0.717) is 6.42 Å². The lowest BCUT2D eigenvalue weighted by molar-refractivity contribution is 0.183. The molecule has 2 heteroatoms. The van der Waals surface area contributed by atoms with Gasteiger partial charge in [0.2, 0.25) is 0 Å². The highest BCUT2D eigenvalue weighted by atomic mass is 79.9. The van der Waals surface area contributed by atoms with Gasteiger partial charge in [0.05, 0.1) is 6.10 Å². The van der Waals surface area contributed by atoms with Crippen molar-refractivity contribution in [1.82, 2.24) is 0 Å². The molecule has 0 heterocycles. The highest BCUT2D eigenvalue weighted by molar-refractivity contribution is 9.10. The molecule has 0 fully saturated rings. The summed E-state index contributed by atoms with van der Waals surface area (Å²) in [6.45, 7) is 1.96. The summed E-state index contributed by atoms with van der Waals surface area (Å²) in [5.74, 6) is 2.45. The van der Waals surface area contributed by atoms with Crippen LogP contribution in [-0.2, 0) is 0 Å². The molecule has 13 heavy (non-hydrogen) atoms. The van der Waals surface area contributed by atoms with Gasteiger partial charge in [-0.3, -0.25) is 0 Å². The van der Waals surface area contributed by atoms with E-state index in [0.717, 1.165) is 15.6 Å². The molecule has 1 unspecified atom stereocenters. The molecule has 1 atom stereocenters. The van der Waals surface area contributed by atoms with Gasteiger partial charge in [-0.25, -0.2) is 0 Å². The largest absolute Gasteiger partial charge is 0.387 e. The van der Waals surface area contributed by atoms with Gasteiger partial charge in [-0.1, -0.05) is 28.1 Å². The predicted octanol–water partition coefficient (Wildman–Crippen LogP) is 2.81. The van der Waals surface area contributed by atoms with Gasteiger partial charge in [0, 0.05) is 10.9 Å². The molecule has 1 rings (SSSR count). The van der Waals surface area contributed by atoms with Gasteiger partial charge >= 0.3 is 0 Å². The molecule has 0 spiro atoms. The van der Waals surface area contributed by atoms with Crippen LogP contribution in [0.3, 0.4) is 0 Å². The minimum Gasteiger partial charge on any atom is -0.387 e. The van der Waals surface area contributed by atoms with Crippen molar-refractivity contribution in [3.63, 3.8) is 0 Å². The summed E-state index contributed by atoms with van der Waals surface area (Å²) in [6, 6.07) is 5.73. The lowest BCUT2D eigenvalue weighted by Crippen LogP contribution is -1.99. The van der Waals surface area contributed by atoms with E-state index in [2.05, 4.69) is 21.9 Å². The molecule has 0 bridgehead atoms. The Labute approximate surface area is 86.9 Å². The molecular formula is C11H11BrO. The van der Waals surface area contributed by atoms with Crippen molar-refractivity contribution < 1.29 is 5.11 Å². The zero-order valence-corrected chi connectivity index (χ0v) is 9.01. The molecule has 0 aromatic heterocycles. The van der Waals surface area contributed by atoms with Gasteiger partial charge in [-0.15, -0.1) is 12.3 Å². The van der Waals surface area contributed by atoms with Crippen molar-refractivity contribution in [2.75, 3.05) is 0 Å². The Morgan fingerprint density at radius 3 is 2.92 bits per heavy atom. The van der Waals surface area contributed by atoms with Crippen molar-refractivity contribution in [3.05, 3.63) is 33.8 Å². The second-order valence-corrected chi connectivity index (χ2v) is 3.73. The van der Waals surface area contributed by atoms with Crippen LogP contribution in [0.4, 0.5) is 0 Å². The Morgan fingerprint density at radius 2 is 2.31 bits per heavy atom. The van der Waals surface area contributed by atoms with Crippen molar-refractivity contribution in [1.29, 1.82) is 0 Å². The molecule has 1 aromatic carbocycles. The fourth-order valence-corrected chi connectivity index (χ4v) is 1.59. The van der Waals surface area contributed by atoms with E-state index in [9.17, 15) is 5.11 Å².